The third-order valence-electron chi connectivity index (χ3n) is 4.23. The minimum Gasteiger partial charge on any atom is -0.462 e. The maximum atomic E-state index is 12.4. The number of hydrogen-bond donors (Lipinski definition) is 1. The molecule has 0 bridgehead atoms. The first-order valence-corrected chi connectivity index (χ1v) is 10.6. The van der Waals surface area contributed by atoms with Crippen molar-refractivity contribution in [2.24, 2.45) is 7.05 Å². The monoisotopic (exact) mass is 444 g/mol. The van der Waals surface area contributed by atoms with Gasteiger partial charge in [-0.1, -0.05) is 53.2 Å². The third kappa shape index (κ3) is 5.20. The van der Waals surface area contributed by atoms with Gasteiger partial charge in [-0.05, 0) is 32.0 Å². The normalized spacial score (nSPS) is 10.7. The van der Waals surface area contributed by atoms with E-state index in [9.17, 15) is 9.59 Å². The van der Waals surface area contributed by atoms with E-state index in [-0.39, 0.29) is 18.3 Å². The molecule has 0 saturated heterocycles. The second-order valence-electron chi connectivity index (χ2n) is 6.48. The highest BCUT2D eigenvalue weighted by Gasteiger charge is 2.15. The first-order valence-electron chi connectivity index (χ1n) is 9.24. The van der Waals surface area contributed by atoms with Crippen LogP contribution < -0.4 is 5.32 Å². The Kier molecular flexibility index (Phi) is 7.12. The fourth-order valence-corrected chi connectivity index (χ4v) is 3.55. The molecule has 2 aromatic carbocycles. The Morgan fingerprint density at radius 1 is 1.17 bits per heavy atom. The molecule has 0 unspecified atom stereocenters. The standard InChI is InChI=1S/C21H21ClN4O3S/c1-4-29-20(28)15-9-10-16(22)17(11-15)23-18(27)12-30-21-25-24-19(26(21)3)14-7-5-13(2)6-8-14/h5-11H,4,12H2,1-3H3,(H,23,27). The van der Waals surface area contributed by atoms with Crippen molar-refractivity contribution in [1.29, 1.82) is 0 Å². The summed E-state index contributed by atoms with van der Waals surface area (Å²) in [6.45, 7) is 4.02. The Balaban J connectivity index is 1.65. The van der Waals surface area contributed by atoms with E-state index < -0.39 is 5.97 Å². The summed E-state index contributed by atoms with van der Waals surface area (Å²) in [5.74, 6) is 0.0902. The fourth-order valence-electron chi connectivity index (χ4n) is 2.67. The topological polar surface area (TPSA) is 86.1 Å². The molecule has 3 aromatic rings. The molecular formula is C21H21ClN4O3S. The molecule has 0 aliphatic carbocycles. The van der Waals surface area contributed by atoms with Crippen LogP contribution in [0.5, 0.6) is 0 Å². The van der Waals surface area contributed by atoms with E-state index >= 15 is 0 Å². The van der Waals surface area contributed by atoms with Gasteiger partial charge in [-0.3, -0.25) is 4.79 Å². The third-order valence-corrected chi connectivity index (χ3v) is 5.58. The number of aromatic nitrogens is 3. The number of hydrogen-bond acceptors (Lipinski definition) is 6. The average molecular weight is 445 g/mol. The lowest BCUT2D eigenvalue weighted by Gasteiger charge is -2.09. The van der Waals surface area contributed by atoms with Gasteiger partial charge in [-0.2, -0.15) is 0 Å². The second kappa shape index (κ2) is 9.77. The smallest absolute Gasteiger partial charge is 0.338 e. The van der Waals surface area contributed by atoms with Crippen LogP contribution >= 0.6 is 23.4 Å². The van der Waals surface area contributed by atoms with Crippen LogP contribution in [0.15, 0.2) is 47.6 Å². The van der Waals surface area contributed by atoms with Crippen LogP contribution in [0.3, 0.4) is 0 Å². The van der Waals surface area contributed by atoms with Crippen LogP contribution in [-0.2, 0) is 16.6 Å². The van der Waals surface area contributed by atoms with E-state index in [1.165, 1.54) is 17.8 Å². The molecule has 9 heteroatoms. The van der Waals surface area contributed by atoms with Gasteiger partial charge < -0.3 is 14.6 Å². The number of carbonyl (C=O) groups is 2. The second-order valence-corrected chi connectivity index (χ2v) is 7.83. The lowest BCUT2D eigenvalue weighted by molar-refractivity contribution is -0.113. The van der Waals surface area contributed by atoms with Gasteiger partial charge in [0.25, 0.3) is 0 Å². The van der Waals surface area contributed by atoms with Crippen molar-refractivity contribution in [3.8, 4) is 11.4 Å². The number of nitrogens with one attached hydrogen (secondary N) is 1. The van der Waals surface area contributed by atoms with E-state index in [1.807, 2.05) is 42.8 Å². The number of halogens is 1. The summed E-state index contributed by atoms with van der Waals surface area (Å²) in [4.78, 5) is 24.3. The molecule has 30 heavy (non-hydrogen) atoms. The van der Waals surface area contributed by atoms with E-state index in [0.717, 1.165) is 17.0 Å². The number of thioether (sulfide) groups is 1. The van der Waals surface area contributed by atoms with Crippen LogP contribution in [0.4, 0.5) is 5.69 Å². The van der Waals surface area contributed by atoms with E-state index in [2.05, 4.69) is 15.5 Å². The average Bonchev–Trinajstić information content (AvgIpc) is 3.09. The SMILES string of the molecule is CCOC(=O)c1ccc(Cl)c(NC(=O)CSc2nnc(-c3ccc(C)cc3)n2C)c1. The molecule has 0 fully saturated rings. The lowest BCUT2D eigenvalue weighted by atomic mass is 10.1. The van der Waals surface area contributed by atoms with Gasteiger partial charge in [0.2, 0.25) is 5.91 Å². The Bertz CT molecular complexity index is 1070. The van der Waals surface area contributed by atoms with Crippen LogP contribution in [-0.4, -0.2) is 39.0 Å². The molecule has 1 amide bonds. The lowest BCUT2D eigenvalue weighted by Crippen LogP contribution is -2.15. The first-order chi connectivity index (χ1) is 14.4. The molecule has 0 saturated carbocycles. The van der Waals surface area contributed by atoms with E-state index in [0.29, 0.717) is 21.4 Å². The Hall–Kier alpha value is -2.84. The van der Waals surface area contributed by atoms with Crippen molar-refractivity contribution >= 4 is 40.9 Å². The largest absolute Gasteiger partial charge is 0.462 e. The molecule has 0 spiro atoms. The number of aryl methyl sites for hydroxylation is 1. The molecule has 7 nitrogen and oxygen atoms in total. The van der Waals surface area contributed by atoms with Crippen molar-refractivity contribution in [1.82, 2.24) is 14.8 Å². The van der Waals surface area contributed by atoms with Crippen molar-refractivity contribution in [3.05, 3.63) is 58.6 Å². The number of anilines is 1. The van der Waals surface area contributed by atoms with Crippen molar-refractivity contribution in [2.75, 3.05) is 17.7 Å². The van der Waals surface area contributed by atoms with Crippen molar-refractivity contribution in [2.45, 2.75) is 19.0 Å². The number of carbonyl (C=O) groups excluding carboxylic acids is 2. The van der Waals surface area contributed by atoms with Crippen LogP contribution in [0.25, 0.3) is 11.4 Å². The molecule has 1 aromatic heterocycles. The summed E-state index contributed by atoms with van der Waals surface area (Å²) in [7, 11) is 1.86. The summed E-state index contributed by atoms with van der Waals surface area (Å²) >= 11 is 7.41. The summed E-state index contributed by atoms with van der Waals surface area (Å²) in [6.07, 6.45) is 0. The predicted molar refractivity (Wildman–Crippen MR) is 118 cm³/mol. The summed E-state index contributed by atoms with van der Waals surface area (Å²) < 4.78 is 6.82. The van der Waals surface area contributed by atoms with Gasteiger partial charge in [-0.25, -0.2) is 4.79 Å². The Morgan fingerprint density at radius 2 is 1.90 bits per heavy atom. The van der Waals surface area contributed by atoms with Gasteiger partial charge in [0.05, 0.1) is 28.6 Å². The molecule has 0 radical (unpaired) electrons. The summed E-state index contributed by atoms with van der Waals surface area (Å²) in [5.41, 5.74) is 2.79. The highest BCUT2D eigenvalue weighted by molar-refractivity contribution is 7.99. The zero-order valence-electron chi connectivity index (χ0n) is 16.8. The molecule has 0 atom stereocenters. The van der Waals surface area contributed by atoms with Crippen LogP contribution in [0.2, 0.25) is 5.02 Å². The minimum atomic E-state index is -0.471. The van der Waals surface area contributed by atoms with Gasteiger partial charge in [0, 0.05) is 12.6 Å². The number of ether oxygens (including phenoxy) is 1. The summed E-state index contributed by atoms with van der Waals surface area (Å²) in [6, 6.07) is 12.6. The van der Waals surface area contributed by atoms with Crippen LogP contribution in [0, 0.1) is 6.92 Å². The van der Waals surface area contributed by atoms with Crippen molar-refractivity contribution in [3.63, 3.8) is 0 Å². The van der Waals surface area contributed by atoms with Gasteiger partial charge in [-0.15, -0.1) is 10.2 Å². The quantitative estimate of drug-likeness (QED) is 0.430. The number of rotatable bonds is 7. The Labute approximate surface area is 183 Å². The summed E-state index contributed by atoms with van der Waals surface area (Å²) in [5, 5.41) is 12.1. The first kappa shape index (κ1) is 21.9. The molecule has 156 valence electrons. The zero-order valence-corrected chi connectivity index (χ0v) is 18.4. The fraction of sp³-hybridized carbons (Fsp3) is 0.238. The highest BCUT2D eigenvalue weighted by atomic mass is 35.5. The Morgan fingerprint density at radius 3 is 2.60 bits per heavy atom. The number of amides is 1. The molecule has 3 rings (SSSR count). The predicted octanol–water partition coefficient (Wildman–Crippen LogP) is 4.35. The van der Waals surface area contributed by atoms with Crippen molar-refractivity contribution < 1.29 is 14.3 Å². The number of esters is 1. The van der Waals surface area contributed by atoms with E-state index in [1.54, 1.807) is 19.1 Å². The molecule has 1 N–H and O–H groups in total. The molecular weight excluding hydrogens is 424 g/mol. The van der Waals surface area contributed by atoms with Gasteiger partial charge in [0.1, 0.15) is 0 Å². The van der Waals surface area contributed by atoms with Gasteiger partial charge >= 0.3 is 5.97 Å². The molecule has 0 aliphatic heterocycles. The maximum absolute atomic E-state index is 12.4. The number of nitrogens with zero attached hydrogens (tertiary/aromatic N) is 3. The van der Waals surface area contributed by atoms with Crippen LogP contribution in [0.1, 0.15) is 22.8 Å². The van der Waals surface area contributed by atoms with E-state index in [4.69, 9.17) is 16.3 Å². The number of benzene rings is 2. The maximum Gasteiger partial charge on any atom is 0.338 e. The molecule has 0 aliphatic rings. The molecule has 1 heterocycles. The zero-order chi connectivity index (χ0) is 21.7. The minimum absolute atomic E-state index is 0.111. The highest BCUT2D eigenvalue weighted by Crippen LogP contribution is 2.25. The van der Waals surface area contributed by atoms with Gasteiger partial charge in [0.15, 0.2) is 11.0 Å².